The van der Waals surface area contributed by atoms with E-state index < -0.39 is 8.80 Å². The summed E-state index contributed by atoms with van der Waals surface area (Å²) in [5.74, 6) is 0. The SMILES string of the molecule is C=C[SiH](C=C)C1(C)CCCCO1. The van der Waals surface area contributed by atoms with Gasteiger partial charge in [-0.1, -0.05) is 11.4 Å². The highest BCUT2D eigenvalue weighted by Gasteiger charge is 2.34. The second-order valence-electron chi connectivity index (χ2n) is 3.62. The van der Waals surface area contributed by atoms with Crippen LogP contribution in [-0.4, -0.2) is 20.6 Å². The summed E-state index contributed by atoms with van der Waals surface area (Å²) in [6, 6.07) is 0. The first kappa shape index (κ1) is 9.74. The topological polar surface area (TPSA) is 9.23 Å². The van der Waals surface area contributed by atoms with Crippen LogP contribution in [0.15, 0.2) is 24.6 Å². The fourth-order valence-corrected chi connectivity index (χ4v) is 3.85. The molecule has 0 saturated carbocycles. The average molecular weight is 182 g/mol. The quantitative estimate of drug-likeness (QED) is 0.608. The summed E-state index contributed by atoms with van der Waals surface area (Å²) in [4.78, 5) is 0. The first-order valence-corrected chi connectivity index (χ1v) is 6.53. The zero-order valence-corrected chi connectivity index (χ0v) is 9.04. The molecule has 1 heterocycles. The van der Waals surface area contributed by atoms with Crippen molar-refractivity contribution in [2.45, 2.75) is 31.4 Å². The molecule has 1 nitrogen and oxygen atoms in total. The van der Waals surface area contributed by atoms with Crippen molar-refractivity contribution in [2.24, 2.45) is 0 Å². The largest absolute Gasteiger partial charge is 0.378 e. The molecular formula is C10H18OSi. The molecule has 1 aliphatic rings. The Labute approximate surface area is 76.7 Å². The minimum atomic E-state index is -1.08. The highest BCUT2D eigenvalue weighted by Crippen LogP contribution is 2.27. The second kappa shape index (κ2) is 4.05. The monoisotopic (exact) mass is 182 g/mol. The van der Waals surface area contributed by atoms with E-state index in [4.69, 9.17) is 4.74 Å². The fourth-order valence-electron chi connectivity index (χ4n) is 1.81. The maximum Gasteiger partial charge on any atom is 0.120 e. The smallest absolute Gasteiger partial charge is 0.120 e. The Morgan fingerprint density at radius 1 is 1.33 bits per heavy atom. The lowest BCUT2D eigenvalue weighted by Crippen LogP contribution is -2.46. The third-order valence-electron chi connectivity index (χ3n) is 2.71. The fraction of sp³-hybridized carbons (Fsp3) is 0.600. The van der Waals surface area contributed by atoms with E-state index in [2.05, 4.69) is 31.5 Å². The molecule has 0 aromatic carbocycles. The molecule has 1 rings (SSSR count). The van der Waals surface area contributed by atoms with Gasteiger partial charge in [-0.05, 0) is 26.2 Å². The normalized spacial score (nSPS) is 30.2. The van der Waals surface area contributed by atoms with Gasteiger partial charge in [-0.3, -0.25) is 0 Å². The van der Waals surface area contributed by atoms with E-state index in [1.54, 1.807) is 0 Å². The Bertz CT molecular complexity index is 163. The number of ether oxygens (including phenoxy) is 1. The molecule has 1 unspecified atom stereocenters. The van der Waals surface area contributed by atoms with Gasteiger partial charge in [0.05, 0.1) is 5.22 Å². The van der Waals surface area contributed by atoms with Crippen LogP contribution in [0.5, 0.6) is 0 Å². The van der Waals surface area contributed by atoms with Crippen molar-refractivity contribution >= 4 is 8.80 Å². The Morgan fingerprint density at radius 3 is 2.42 bits per heavy atom. The summed E-state index contributed by atoms with van der Waals surface area (Å²) < 4.78 is 5.83. The van der Waals surface area contributed by atoms with Gasteiger partial charge in [-0.15, -0.1) is 13.2 Å². The van der Waals surface area contributed by atoms with Crippen molar-refractivity contribution in [3.05, 3.63) is 24.6 Å². The number of hydrogen-bond acceptors (Lipinski definition) is 1. The second-order valence-corrected chi connectivity index (χ2v) is 6.83. The van der Waals surface area contributed by atoms with E-state index in [0.29, 0.717) is 0 Å². The maximum atomic E-state index is 5.83. The van der Waals surface area contributed by atoms with Crippen molar-refractivity contribution in [2.75, 3.05) is 6.61 Å². The molecule has 0 aromatic rings. The van der Waals surface area contributed by atoms with E-state index in [1.165, 1.54) is 19.3 Å². The van der Waals surface area contributed by atoms with E-state index in [9.17, 15) is 0 Å². The van der Waals surface area contributed by atoms with Crippen LogP contribution in [0.3, 0.4) is 0 Å². The predicted octanol–water partition coefficient (Wildman–Crippen LogP) is 2.16. The average Bonchev–Trinajstić information content (AvgIpc) is 2.07. The molecule has 1 fully saturated rings. The van der Waals surface area contributed by atoms with E-state index in [1.807, 2.05) is 0 Å². The Hall–Kier alpha value is -0.343. The summed E-state index contributed by atoms with van der Waals surface area (Å²) in [5, 5.41) is 0.0990. The summed E-state index contributed by atoms with van der Waals surface area (Å²) >= 11 is 0. The van der Waals surface area contributed by atoms with Gasteiger partial charge in [0.15, 0.2) is 0 Å². The predicted molar refractivity (Wildman–Crippen MR) is 55.8 cm³/mol. The van der Waals surface area contributed by atoms with Crippen LogP contribution >= 0.6 is 0 Å². The number of rotatable bonds is 3. The van der Waals surface area contributed by atoms with Gasteiger partial charge in [0.25, 0.3) is 0 Å². The van der Waals surface area contributed by atoms with Crippen LogP contribution < -0.4 is 0 Å². The van der Waals surface area contributed by atoms with Crippen molar-refractivity contribution in [3.63, 3.8) is 0 Å². The van der Waals surface area contributed by atoms with Crippen LogP contribution in [0, 0.1) is 0 Å². The molecule has 0 aliphatic carbocycles. The maximum absolute atomic E-state index is 5.83. The van der Waals surface area contributed by atoms with Gasteiger partial charge in [0, 0.05) is 6.61 Å². The van der Waals surface area contributed by atoms with Gasteiger partial charge in [-0.25, -0.2) is 0 Å². The first-order chi connectivity index (χ1) is 5.73. The van der Waals surface area contributed by atoms with E-state index >= 15 is 0 Å². The lowest BCUT2D eigenvalue weighted by atomic mass is 10.1. The molecule has 2 heteroatoms. The summed E-state index contributed by atoms with van der Waals surface area (Å²) in [6.45, 7) is 10.9. The van der Waals surface area contributed by atoms with Gasteiger partial charge >= 0.3 is 0 Å². The molecule has 0 N–H and O–H groups in total. The highest BCUT2D eigenvalue weighted by molar-refractivity contribution is 6.72. The molecule has 0 amide bonds. The van der Waals surface area contributed by atoms with Crippen LogP contribution in [0.2, 0.25) is 0 Å². The Morgan fingerprint density at radius 2 is 2.00 bits per heavy atom. The Kier molecular flexibility index (Phi) is 3.29. The molecular weight excluding hydrogens is 164 g/mol. The summed E-state index contributed by atoms with van der Waals surface area (Å²) in [7, 11) is -1.08. The molecule has 0 spiro atoms. The molecule has 0 aromatic heterocycles. The van der Waals surface area contributed by atoms with Crippen LogP contribution in [0.1, 0.15) is 26.2 Å². The lowest BCUT2D eigenvalue weighted by molar-refractivity contribution is -0.00836. The van der Waals surface area contributed by atoms with Crippen molar-refractivity contribution in [1.29, 1.82) is 0 Å². The minimum absolute atomic E-state index is 0.0990. The van der Waals surface area contributed by atoms with Crippen LogP contribution in [0.4, 0.5) is 0 Å². The molecule has 68 valence electrons. The van der Waals surface area contributed by atoms with Crippen LogP contribution in [-0.2, 0) is 4.74 Å². The highest BCUT2D eigenvalue weighted by atomic mass is 28.3. The summed E-state index contributed by atoms with van der Waals surface area (Å²) in [5.41, 5.74) is 4.14. The minimum Gasteiger partial charge on any atom is -0.378 e. The van der Waals surface area contributed by atoms with Crippen molar-refractivity contribution in [1.82, 2.24) is 0 Å². The van der Waals surface area contributed by atoms with E-state index in [0.717, 1.165) is 6.61 Å². The molecule has 1 aliphatic heterocycles. The van der Waals surface area contributed by atoms with Gasteiger partial charge in [0.2, 0.25) is 0 Å². The van der Waals surface area contributed by atoms with Gasteiger partial charge < -0.3 is 4.74 Å². The van der Waals surface area contributed by atoms with Crippen molar-refractivity contribution < 1.29 is 4.74 Å². The zero-order chi connectivity index (χ0) is 9.03. The van der Waals surface area contributed by atoms with E-state index in [-0.39, 0.29) is 5.22 Å². The van der Waals surface area contributed by atoms with Gasteiger partial charge in [0.1, 0.15) is 8.80 Å². The zero-order valence-electron chi connectivity index (χ0n) is 7.88. The first-order valence-electron chi connectivity index (χ1n) is 4.62. The van der Waals surface area contributed by atoms with Crippen LogP contribution in [0.25, 0.3) is 0 Å². The molecule has 0 radical (unpaired) electrons. The third kappa shape index (κ3) is 1.87. The molecule has 1 saturated heterocycles. The molecule has 0 bridgehead atoms. The third-order valence-corrected chi connectivity index (χ3v) is 5.59. The summed E-state index contributed by atoms with van der Waals surface area (Å²) in [6.07, 6.45) is 3.69. The standard InChI is InChI=1S/C10H18OSi/c1-4-12(5-2)10(3)8-6-7-9-11-10/h4-5,12H,1-2,6-9H2,3H3. The molecule has 12 heavy (non-hydrogen) atoms. The number of hydrogen-bond donors (Lipinski definition) is 0. The lowest BCUT2D eigenvalue weighted by Gasteiger charge is -2.37. The van der Waals surface area contributed by atoms with Crippen molar-refractivity contribution in [3.8, 4) is 0 Å². The van der Waals surface area contributed by atoms with Gasteiger partial charge in [-0.2, -0.15) is 0 Å². The Balaban J connectivity index is 2.65. The molecule has 1 atom stereocenters.